The number of methoxy groups -OCH3 is 1. The fraction of sp³-hybridized carbons (Fsp3) is 0.231. The number of amides is 1. The highest BCUT2D eigenvalue weighted by molar-refractivity contribution is 7.99. The number of anilines is 3. The van der Waals surface area contributed by atoms with E-state index >= 15 is 0 Å². The number of hydrogen-bond donors (Lipinski definition) is 2. The van der Waals surface area contributed by atoms with E-state index in [9.17, 15) is 13.2 Å². The average Bonchev–Trinajstić information content (AvgIpc) is 3.35. The highest BCUT2D eigenvalue weighted by atomic mass is 32.2. The zero-order valence-electron chi connectivity index (χ0n) is 20.5. The highest BCUT2D eigenvalue weighted by Crippen LogP contribution is 2.27. The van der Waals surface area contributed by atoms with Gasteiger partial charge in [0.25, 0.3) is 15.2 Å². The molecule has 198 valence electrons. The molecule has 38 heavy (non-hydrogen) atoms. The van der Waals surface area contributed by atoms with Crippen LogP contribution in [0.5, 0.6) is 5.75 Å². The van der Waals surface area contributed by atoms with E-state index in [1.807, 2.05) is 24.3 Å². The van der Waals surface area contributed by atoms with E-state index in [1.165, 1.54) is 19.2 Å². The summed E-state index contributed by atoms with van der Waals surface area (Å²) in [6.07, 6.45) is 0. The molecular weight excluding hydrogens is 528 g/mol. The predicted molar refractivity (Wildman–Crippen MR) is 147 cm³/mol. The molecule has 0 radical (unpaired) electrons. The second-order valence-corrected chi connectivity index (χ2v) is 11.0. The molecule has 1 aromatic heterocycles. The van der Waals surface area contributed by atoms with Gasteiger partial charge in [0, 0.05) is 30.2 Å². The van der Waals surface area contributed by atoms with Crippen LogP contribution in [0.1, 0.15) is 0 Å². The summed E-state index contributed by atoms with van der Waals surface area (Å²) in [6, 6.07) is 18.7. The first kappa shape index (κ1) is 25.9. The van der Waals surface area contributed by atoms with E-state index in [1.54, 1.807) is 30.3 Å². The number of rotatable bonds is 9. The molecule has 0 spiro atoms. The standard InChI is InChI=1S/C26H26N4O6S2/c1-34-21-8-4-19(5-9-21)29-38(32,33)22-10-11-24-23(16-22)28-26(36-24)37-17-25(31)27-18-2-6-20(7-3-18)30-12-14-35-15-13-30/h2-11,16,29H,12-15,17H2,1H3,(H,27,31). The maximum atomic E-state index is 12.8. The minimum absolute atomic E-state index is 0.0453. The number of nitrogens with zero attached hydrogens (tertiary/aromatic N) is 2. The first-order chi connectivity index (χ1) is 18.4. The quantitative estimate of drug-likeness (QED) is 0.293. The molecule has 4 aromatic rings. The second kappa shape index (κ2) is 11.3. The number of fused-ring (bicyclic) bond motifs is 1. The van der Waals surface area contributed by atoms with Crippen LogP contribution in [0.15, 0.2) is 81.3 Å². The third kappa shape index (κ3) is 6.21. The number of ether oxygens (including phenoxy) is 2. The van der Waals surface area contributed by atoms with Gasteiger partial charge in [-0.3, -0.25) is 9.52 Å². The third-order valence-corrected chi connectivity index (χ3v) is 8.05. The van der Waals surface area contributed by atoms with Gasteiger partial charge in [0.1, 0.15) is 11.3 Å². The Kier molecular flexibility index (Phi) is 7.72. The molecule has 1 fully saturated rings. The predicted octanol–water partition coefficient (Wildman–Crippen LogP) is 4.20. The van der Waals surface area contributed by atoms with Crippen molar-refractivity contribution in [3.63, 3.8) is 0 Å². The highest BCUT2D eigenvalue weighted by Gasteiger charge is 2.18. The monoisotopic (exact) mass is 554 g/mol. The van der Waals surface area contributed by atoms with E-state index in [-0.39, 0.29) is 21.8 Å². The number of carbonyl (C=O) groups is 1. The van der Waals surface area contributed by atoms with Crippen LogP contribution in [-0.4, -0.2) is 58.5 Å². The first-order valence-corrected chi connectivity index (χ1v) is 14.3. The van der Waals surface area contributed by atoms with Crippen LogP contribution in [0.2, 0.25) is 0 Å². The van der Waals surface area contributed by atoms with E-state index in [0.29, 0.717) is 41.4 Å². The number of nitrogens with one attached hydrogen (secondary N) is 2. The molecule has 1 aliphatic heterocycles. The van der Waals surface area contributed by atoms with Crippen molar-refractivity contribution in [3.8, 4) is 5.75 Å². The molecule has 12 heteroatoms. The molecule has 2 N–H and O–H groups in total. The molecule has 10 nitrogen and oxygen atoms in total. The Hall–Kier alpha value is -3.74. The zero-order valence-corrected chi connectivity index (χ0v) is 22.2. The molecule has 0 atom stereocenters. The van der Waals surface area contributed by atoms with Crippen molar-refractivity contribution in [2.45, 2.75) is 10.1 Å². The normalized spacial score (nSPS) is 13.9. The molecule has 1 saturated heterocycles. The second-order valence-electron chi connectivity index (χ2n) is 8.43. The third-order valence-electron chi connectivity index (χ3n) is 5.85. The van der Waals surface area contributed by atoms with Crippen LogP contribution in [0, 0.1) is 0 Å². The first-order valence-electron chi connectivity index (χ1n) is 11.8. The van der Waals surface area contributed by atoms with Crippen molar-refractivity contribution >= 4 is 55.9 Å². The molecule has 1 amide bonds. The van der Waals surface area contributed by atoms with Crippen molar-refractivity contribution in [1.82, 2.24) is 4.98 Å². The van der Waals surface area contributed by atoms with Crippen molar-refractivity contribution in [3.05, 3.63) is 66.7 Å². The topological polar surface area (TPSA) is 123 Å². The summed E-state index contributed by atoms with van der Waals surface area (Å²) in [4.78, 5) is 19.1. The molecule has 0 aliphatic carbocycles. The number of oxazole rings is 1. The molecule has 0 saturated carbocycles. The molecule has 5 rings (SSSR count). The van der Waals surface area contributed by atoms with Crippen LogP contribution in [0.4, 0.5) is 17.1 Å². The van der Waals surface area contributed by atoms with Gasteiger partial charge in [-0.1, -0.05) is 11.8 Å². The number of hydrogen-bond acceptors (Lipinski definition) is 9. The van der Waals surface area contributed by atoms with Gasteiger partial charge in [-0.25, -0.2) is 13.4 Å². The van der Waals surface area contributed by atoms with Gasteiger partial charge in [-0.15, -0.1) is 0 Å². The zero-order chi connectivity index (χ0) is 26.5. The Bertz CT molecular complexity index is 1520. The lowest BCUT2D eigenvalue weighted by Gasteiger charge is -2.28. The van der Waals surface area contributed by atoms with E-state index in [4.69, 9.17) is 13.9 Å². The Morgan fingerprint density at radius 1 is 1.03 bits per heavy atom. The Balaban J connectivity index is 1.18. The number of sulfonamides is 1. The van der Waals surface area contributed by atoms with Crippen molar-refractivity contribution < 1.29 is 27.1 Å². The van der Waals surface area contributed by atoms with Crippen LogP contribution in [0.25, 0.3) is 11.1 Å². The lowest BCUT2D eigenvalue weighted by atomic mass is 10.2. The Labute approximate surface area is 224 Å². The van der Waals surface area contributed by atoms with Crippen LogP contribution >= 0.6 is 11.8 Å². The van der Waals surface area contributed by atoms with Gasteiger partial charge in [0.15, 0.2) is 5.58 Å². The molecule has 0 unspecified atom stereocenters. The van der Waals surface area contributed by atoms with Crippen molar-refractivity contribution in [2.75, 3.05) is 54.1 Å². The van der Waals surface area contributed by atoms with Gasteiger partial charge in [0.05, 0.1) is 31.0 Å². The Morgan fingerprint density at radius 2 is 1.74 bits per heavy atom. The molecule has 2 heterocycles. The number of morpholine rings is 1. The summed E-state index contributed by atoms with van der Waals surface area (Å²) in [7, 11) is -2.30. The lowest BCUT2D eigenvalue weighted by molar-refractivity contribution is -0.113. The molecular formula is C26H26N4O6S2. The van der Waals surface area contributed by atoms with Crippen molar-refractivity contribution in [2.24, 2.45) is 0 Å². The minimum atomic E-state index is -3.84. The van der Waals surface area contributed by atoms with Crippen LogP contribution in [-0.2, 0) is 19.6 Å². The molecule has 0 bridgehead atoms. The van der Waals surface area contributed by atoms with Gasteiger partial charge in [-0.2, -0.15) is 0 Å². The van der Waals surface area contributed by atoms with Gasteiger partial charge >= 0.3 is 0 Å². The summed E-state index contributed by atoms with van der Waals surface area (Å²) < 4.78 is 44.4. The Morgan fingerprint density at radius 3 is 2.45 bits per heavy atom. The van der Waals surface area contributed by atoms with Crippen LogP contribution < -0.4 is 19.7 Å². The average molecular weight is 555 g/mol. The fourth-order valence-electron chi connectivity index (χ4n) is 3.89. The summed E-state index contributed by atoms with van der Waals surface area (Å²) in [5, 5.41) is 3.14. The smallest absolute Gasteiger partial charge is 0.261 e. The van der Waals surface area contributed by atoms with Crippen LogP contribution in [0.3, 0.4) is 0 Å². The largest absolute Gasteiger partial charge is 0.497 e. The van der Waals surface area contributed by atoms with E-state index in [2.05, 4.69) is 19.9 Å². The number of carbonyl (C=O) groups excluding carboxylic acids is 1. The summed E-state index contributed by atoms with van der Waals surface area (Å²) in [5.41, 5.74) is 3.00. The maximum absolute atomic E-state index is 12.8. The van der Waals surface area contributed by atoms with Crippen molar-refractivity contribution in [1.29, 1.82) is 0 Å². The van der Waals surface area contributed by atoms with E-state index < -0.39 is 10.0 Å². The van der Waals surface area contributed by atoms with E-state index in [0.717, 1.165) is 30.5 Å². The summed E-state index contributed by atoms with van der Waals surface area (Å²) >= 11 is 1.13. The van der Waals surface area contributed by atoms with Gasteiger partial charge in [0.2, 0.25) is 5.91 Å². The summed E-state index contributed by atoms with van der Waals surface area (Å²) in [6.45, 7) is 3.12. The lowest BCUT2D eigenvalue weighted by Crippen LogP contribution is -2.36. The SMILES string of the molecule is COc1ccc(NS(=O)(=O)c2ccc3oc(SCC(=O)Nc4ccc(N5CCOCC5)cc4)nc3c2)cc1. The summed E-state index contributed by atoms with van der Waals surface area (Å²) in [5.74, 6) is 0.503. The number of aromatic nitrogens is 1. The van der Waals surface area contributed by atoms with Gasteiger partial charge in [-0.05, 0) is 66.7 Å². The fourth-order valence-corrected chi connectivity index (χ4v) is 5.61. The number of thioether (sulfide) groups is 1. The molecule has 3 aromatic carbocycles. The molecule has 1 aliphatic rings. The van der Waals surface area contributed by atoms with Gasteiger partial charge < -0.3 is 24.1 Å². The number of benzene rings is 3. The maximum Gasteiger partial charge on any atom is 0.261 e. The minimum Gasteiger partial charge on any atom is -0.497 e.